The Balaban J connectivity index is 1.87. The van der Waals surface area contributed by atoms with Crippen molar-refractivity contribution in [3.05, 3.63) is 89.1 Å². The summed E-state index contributed by atoms with van der Waals surface area (Å²) in [5.41, 5.74) is 4.10. The zero-order valence-corrected chi connectivity index (χ0v) is 18.4. The van der Waals surface area contributed by atoms with Crippen LogP contribution in [0, 0.1) is 13.8 Å². The normalized spacial score (nSPS) is 13.6. The third-order valence-electron chi connectivity index (χ3n) is 5.37. The van der Waals surface area contributed by atoms with Crippen molar-refractivity contribution in [1.29, 1.82) is 0 Å². The lowest BCUT2D eigenvalue weighted by atomic mass is 10.0. The number of benzene rings is 3. The average Bonchev–Trinajstić information content (AvgIpc) is 3.04. The Bertz CT molecular complexity index is 1230. The third-order valence-corrected chi connectivity index (χ3v) is 5.37. The van der Waals surface area contributed by atoms with Crippen LogP contribution < -0.4 is 19.7 Å². The lowest BCUT2D eigenvalue weighted by Crippen LogP contribution is -2.32. The van der Waals surface area contributed by atoms with Crippen molar-refractivity contribution in [3.8, 4) is 11.5 Å². The second kappa shape index (κ2) is 8.59. The number of amides is 2. The molecule has 0 saturated heterocycles. The molecular formula is C26H24N2O4. The molecule has 3 aromatic carbocycles. The van der Waals surface area contributed by atoms with E-state index in [4.69, 9.17) is 9.47 Å². The number of para-hydroxylation sites is 2. The summed E-state index contributed by atoms with van der Waals surface area (Å²) < 4.78 is 10.9. The molecule has 0 saturated carbocycles. The summed E-state index contributed by atoms with van der Waals surface area (Å²) in [5, 5.41) is 3.16. The number of methoxy groups -OCH3 is 2. The maximum Gasteiger partial charge on any atom is 0.282 e. The number of imide groups is 1. The van der Waals surface area contributed by atoms with Crippen LogP contribution in [0.2, 0.25) is 0 Å². The number of rotatable bonds is 6. The van der Waals surface area contributed by atoms with Gasteiger partial charge in [-0.3, -0.25) is 9.59 Å². The van der Waals surface area contributed by atoms with E-state index >= 15 is 0 Å². The molecule has 0 atom stereocenters. The van der Waals surface area contributed by atoms with E-state index in [2.05, 4.69) is 5.32 Å². The van der Waals surface area contributed by atoms with E-state index in [1.807, 2.05) is 56.3 Å². The van der Waals surface area contributed by atoms with Crippen LogP contribution in [-0.2, 0) is 9.59 Å². The van der Waals surface area contributed by atoms with Crippen molar-refractivity contribution in [2.75, 3.05) is 24.4 Å². The summed E-state index contributed by atoms with van der Waals surface area (Å²) in [6, 6.07) is 20.2. The van der Waals surface area contributed by atoms with Crippen LogP contribution in [-0.4, -0.2) is 26.0 Å². The van der Waals surface area contributed by atoms with Crippen LogP contribution in [0.25, 0.3) is 5.57 Å². The number of nitrogens with zero attached hydrogens (tertiary/aromatic N) is 1. The molecular weight excluding hydrogens is 404 g/mol. The summed E-state index contributed by atoms with van der Waals surface area (Å²) >= 11 is 0. The average molecular weight is 428 g/mol. The van der Waals surface area contributed by atoms with E-state index in [1.54, 1.807) is 31.4 Å². The van der Waals surface area contributed by atoms with E-state index < -0.39 is 11.8 Å². The fourth-order valence-electron chi connectivity index (χ4n) is 3.71. The number of aryl methyl sites for hydroxylation is 2. The Labute approximate surface area is 187 Å². The van der Waals surface area contributed by atoms with E-state index in [0.717, 1.165) is 11.1 Å². The molecule has 1 aliphatic rings. The van der Waals surface area contributed by atoms with Gasteiger partial charge in [0.05, 0.1) is 31.2 Å². The predicted octanol–water partition coefficient (Wildman–Crippen LogP) is 4.72. The monoisotopic (exact) mass is 428 g/mol. The van der Waals surface area contributed by atoms with Gasteiger partial charge >= 0.3 is 0 Å². The number of carbonyl (C=O) groups excluding carboxylic acids is 2. The Kier molecular flexibility index (Phi) is 5.69. The molecule has 32 heavy (non-hydrogen) atoms. The van der Waals surface area contributed by atoms with Gasteiger partial charge in [0, 0.05) is 0 Å². The van der Waals surface area contributed by atoms with Crippen molar-refractivity contribution in [2.45, 2.75) is 13.8 Å². The highest BCUT2D eigenvalue weighted by molar-refractivity contribution is 6.46. The Morgan fingerprint density at radius 3 is 2.09 bits per heavy atom. The van der Waals surface area contributed by atoms with E-state index in [0.29, 0.717) is 34.0 Å². The highest BCUT2D eigenvalue weighted by Crippen LogP contribution is 2.39. The highest BCUT2D eigenvalue weighted by atomic mass is 16.5. The SMILES string of the molecule is COc1ccccc1NC1=C(c2ccc(C)cc2)C(=O)N(c2cc(C)ccc2OC)C1=O. The molecule has 0 bridgehead atoms. The second-order valence-corrected chi connectivity index (χ2v) is 7.56. The first-order valence-electron chi connectivity index (χ1n) is 10.2. The van der Waals surface area contributed by atoms with Crippen LogP contribution in [0.3, 0.4) is 0 Å². The molecule has 162 valence electrons. The predicted molar refractivity (Wildman–Crippen MR) is 125 cm³/mol. The van der Waals surface area contributed by atoms with Crippen LogP contribution in [0.1, 0.15) is 16.7 Å². The van der Waals surface area contributed by atoms with Gasteiger partial charge in [0.1, 0.15) is 17.2 Å². The molecule has 1 heterocycles. The van der Waals surface area contributed by atoms with E-state index in [1.165, 1.54) is 12.0 Å². The molecule has 0 fully saturated rings. The molecule has 0 unspecified atom stereocenters. The molecule has 6 nitrogen and oxygen atoms in total. The van der Waals surface area contributed by atoms with Crippen molar-refractivity contribution in [1.82, 2.24) is 0 Å². The van der Waals surface area contributed by atoms with E-state index in [9.17, 15) is 9.59 Å². The first kappa shape index (κ1) is 21.2. The minimum absolute atomic E-state index is 0.187. The number of carbonyl (C=O) groups is 2. The number of hydrogen-bond donors (Lipinski definition) is 1. The van der Waals surface area contributed by atoms with Gasteiger partial charge in [0.15, 0.2) is 0 Å². The smallest absolute Gasteiger partial charge is 0.282 e. The molecule has 2 amide bonds. The van der Waals surface area contributed by atoms with Crippen molar-refractivity contribution in [3.63, 3.8) is 0 Å². The molecule has 0 aliphatic carbocycles. The molecule has 0 spiro atoms. The molecule has 0 radical (unpaired) electrons. The number of hydrogen-bond acceptors (Lipinski definition) is 5. The minimum atomic E-state index is -0.458. The molecule has 1 N–H and O–H groups in total. The van der Waals surface area contributed by atoms with Crippen LogP contribution in [0.5, 0.6) is 11.5 Å². The zero-order valence-electron chi connectivity index (χ0n) is 18.4. The summed E-state index contributed by atoms with van der Waals surface area (Å²) in [4.78, 5) is 28.5. The van der Waals surface area contributed by atoms with Gasteiger partial charge < -0.3 is 14.8 Å². The minimum Gasteiger partial charge on any atom is -0.495 e. The van der Waals surface area contributed by atoms with Gasteiger partial charge in [-0.15, -0.1) is 0 Å². The van der Waals surface area contributed by atoms with Gasteiger partial charge in [-0.1, -0.05) is 48.0 Å². The Hall–Kier alpha value is -4.06. The largest absolute Gasteiger partial charge is 0.495 e. The highest BCUT2D eigenvalue weighted by Gasteiger charge is 2.41. The second-order valence-electron chi connectivity index (χ2n) is 7.56. The summed E-state index contributed by atoms with van der Waals surface area (Å²) in [6.45, 7) is 3.87. The Morgan fingerprint density at radius 2 is 1.41 bits per heavy atom. The first-order chi connectivity index (χ1) is 15.4. The molecule has 6 heteroatoms. The number of nitrogens with one attached hydrogen (secondary N) is 1. The van der Waals surface area contributed by atoms with Crippen molar-refractivity contribution >= 4 is 28.8 Å². The van der Waals surface area contributed by atoms with Crippen LogP contribution >= 0.6 is 0 Å². The third kappa shape index (κ3) is 3.71. The molecule has 4 rings (SSSR count). The summed E-state index contributed by atoms with van der Waals surface area (Å²) in [6.07, 6.45) is 0. The lowest BCUT2D eigenvalue weighted by molar-refractivity contribution is -0.120. The maximum absolute atomic E-state index is 13.7. The molecule has 1 aliphatic heterocycles. The quantitative estimate of drug-likeness (QED) is 0.576. The van der Waals surface area contributed by atoms with Crippen LogP contribution in [0.15, 0.2) is 72.4 Å². The van der Waals surface area contributed by atoms with Crippen molar-refractivity contribution in [2.24, 2.45) is 0 Å². The summed E-state index contributed by atoms with van der Waals surface area (Å²) in [5.74, 6) is 0.134. The fraction of sp³-hybridized carbons (Fsp3) is 0.154. The van der Waals surface area contributed by atoms with Gasteiger partial charge in [0.25, 0.3) is 11.8 Å². The molecule has 3 aromatic rings. The van der Waals surface area contributed by atoms with E-state index in [-0.39, 0.29) is 5.70 Å². The van der Waals surface area contributed by atoms with Crippen LogP contribution in [0.4, 0.5) is 11.4 Å². The number of anilines is 2. The van der Waals surface area contributed by atoms with Gasteiger partial charge in [-0.2, -0.15) is 0 Å². The zero-order chi connectivity index (χ0) is 22.8. The maximum atomic E-state index is 13.7. The number of ether oxygens (including phenoxy) is 2. The van der Waals surface area contributed by atoms with Gasteiger partial charge in [-0.25, -0.2) is 4.90 Å². The summed E-state index contributed by atoms with van der Waals surface area (Å²) in [7, 11) is 3.07. The fourth-order valence-corrected chi connectivity index (χ4v) is 3.71. The Morgan fingerprint density at radius 1 is 0.750 bits per heavy atom. The van der Waals surface area contributed by atoms with Gasteiger partial charge in [0.2, 0.25) is 0 Å². The van der Waals surface area contributed by atoms with Crippen molar-refractivity contribution < 1.29 is 19.1 Å². The topological polar surface area (TPSA) is 67.9 Å². The van der Waals surface area contributed by atoms with Gasteiger partial charge in [-0.05, 0) is 49.2 Å². The lowest BCUT2D eigenvalue weighted by Gasteiger charge is -2.19. The first-order valence-corrected chi connectivity index (χ1v) is 10.2. The molecule has 0 aromatic heterocycles. The standard InChI is InChI=1S/C26H24N2O4/c1-16-9-12-18(13-10-16)23-24(27-19-7-5-6-8-21(19)31-3)26(30)28(25(23)29)20-15-17(2)11-14-22(20)32-4/h5-15,27H,1-4H3.